The fraction of sp³-hybridized carbons (Fsp3) is 0.429. The van der Waals surface area contributed by atoms with E-state index in [2.05, 4.69) is 36.7 Å². The molecule has 0 spiro atoms. The summed E-state index contributed by atoms with van der Waals surface area (Å²) in [6, 6.07) is 28.3. The lowest BCUT2D eigenvalue weighted by molar-refractivity contribution is -0.0820. The van der Waals surface area contributed by atoms with E-state index < -0.39 is 38.5 Å². The summed E-state index contributed by atoms with van der Waals surface area (Å²) in [5.74, 6) is -3.22. The van der Waals surface area contributed by atoms with Crippen molar-refractivity contribution in [3.63, 3.8) is 0 Å². The van der Waals surface area contributed by atoms with Gasteiger partial charge in [0.2, 0.25) is 0 Å². The molecule has 1 fully saturated rings. The van der Waals surface area contributed by atoms with E-state index in [4.69, 9.17) is 4.43 Å². The third-order valence-electron chi connectivity index (χ3n) is 11.0. The highest BCUT2D eigenvalue weighted by molar-refractivity contribution is 7.12. The normalized spacial score (nSPS) is 19.2. The molecule has 52 heavy (non-hydrogen) atoms. The fourth-order valence-corrected chi connectivity index (χ4v) is 14.5. The largest absolute Gasteiger partial charge is 0.401 e. The summed E-state index contributed by atoms with van der Waals surface area (Å²) in [4.78, 5) is 8.95. The molecule has 2 atom stereocenters. The average molecular weight is 748 g/mol. The number of nitrogens with zero attached hydrogens (tertiary/aromatic N) is 2. The molecule has 0 bridgehead atoms. The zero-order valence-corrected chi connectivity index (χ0v) is 32.3. The van der Waals surface area contributed by atoms with E-state index in [1.54, 1.807) is 11.0 Å². The molecule has 1 N–H and O–H groups in total. The van der Waals surface area contributed by atoms with Crippen LogP contribution >= 0.6 is 11.3 Å². The number of halogens is 4. The van der Waals surface area contributed by atoms with E-state index >= 15 is 13.2 Å². The van der Waals surface area contributed by atoms with Crippen molar-refractivity contribution in [2.45, 2.75) is 70.0 Å². The first-order valence-electron chi connectivity index (χ1n) is 18.4. The molecule has 2 aliphatic rings. The van der Waals surface area contributed by atoms with Gasteiger partial charge in [0, 0.05) is 47.2 Å². The number of thiophene rings is 1. The Bertz CT molecular complexity index is 1910. The Morgan fingerprint density at radius 1 is 0.923 bits per heavy atom. The minimum Gasteiger partial charge on any atom is -0.401 e. The molecule has 0 aliphatic carbocycles. The van der Waals surface area contributed by atoms with Gasteiger partial charge in [-0.15, -0.1) is 11.3 Å². The van der Waals surface area contributed by atoms with E-state index in [1.807, 2.05) is 85.8 Å². The number of likely N-dealkylation sites (tertiary alicyclic amines) is 1. The minimum absolute atomic E-state index is 0.281. The number of hydrogen-bond donors (Lipinski definition) is 1. The Balaban J connectivity index is 1.21. The summed E-state index contributed by atoms with van der Waals surface area (Å²) in [5.41, 5.74) is 2.78. The Morgan fingerprint density at radius 2 is 1.56 bits per heavy atom. The van der Waals surface area contributed by atoms with Crippen molar-refractivity contribution in [3.8, 4) is 0 Å². The van der Waals surface area contributed by atoms with Crippen molar-refractivity contribution in [1.29, 1.82) is 0 Å². The van der Waals surface area contributed by atoms with Crippen LogP contribution in [0.1, 0.15) is 61.2 Å². The lowest BCUT2D eigenvalue weighted by Crippen LogP contribution is -2.67. The number of fused-ring (bicyclic) bond motifs is 3. The summed E-state index contributed by atoms with van der Waals surface area (Å²) in [6.45, 7) is 9.04. The summed E-state index contributed by atoms with van der Waals surface area (Å²) in [7, 11) is -3.22. The number of alkyl halides is 3. The van der Waals surface area contributed by atoms with Crippen LogP contribution in [0.5, 0.6) is 0 Å². The third-order valence-corrected chi connectivity index (χ3v) is 17.2. The maximum absolute atomic E-state index is 16.8. The maximum atomic E-state index is 16.8. The first-order chi connectivity index (χ1) is 24.9. The lowest BCUT2D eigenvalue weighted by atomic mass is 9.91. The lowest BCUT2D eigenvalue weighted by Gasteiger charge is -2.45. The Labute approximate surface area is 309 Å². The van der Waals surface area contributed by atoms with E-state index in [0.29, 0.717) is 23.6 Å². The quantitative estimate of drug-likeness (QED) is 0.0967. The van der Waals surface area contributed by atoms with Crippen LogP contribution < -0.4 is 10.4 Å². The van der Waals surface area contributed by atoms with Crippen molar-refractivity contribution >= 4 is 40.9 Å². The van der Waals surface area contributed by atoms with Gasteiger partial charge in [-0.3, -0.25) is 9.29 Å². The molecule has 2 aromatic heterocycles. The number of H-pyrrole nitrogens is 1. The maximum Gasteiger partial charge on any atom is 0.282 e. The minimum atomic E-state index is -3.24. The second kappa shape index (κ2) is 14.9. The molecule has 2 aliphatic heterocycles. The van der Waals surface area contributed by atoms with Crippen LogP contribution in [0.4, 0.5) is 17.6 Å². The highest BCUT2D eigenvalue weighted by Gasteiger charge is 2.52. The molecule has 0 radical (unpaired) electrons. The SMILES string of the molecule is C[C@@H]1Cc2c([nH]c3ccccc23)[C@@H](c2sc(CC3CN(CCCF)C3)cc2F)N1CC(F)(F)CO[Si](c1ccccc1)(c1ccccc1)C(C)(C)C. The fourth-order valence-electron chi connectivity index (χ4n) is 8.60. The van der Waals surface area contributed by atoms with Gasteiger partial charge in [0.25, 0.3) is 14.2 Å². The second-order valence-corrected chi connectivity index (χ2v) is 21.3. The first kappa shape index (κ1) is 37.0. The summed E-state index contributed by atoms with van der Waals surface area (Å²) < 4.78 is 69.2. The Kier molecular flexibility index (Phi) is 10.6. The molecule has 276 valence electrons. The van der Waals surface area contributed by atoms with Gasteiger partial charge in [-0.2, -0.15) is 0 Å². The molecule has 10 heteroatoms. The van der Waals surface area contributed by atoms with Gasteiger partial charge < -0.3 is 14.3 Å². The van der Waals surface area contributed by atoms with Gasteiger partial charge in [-0.1, -0.05) is 99.6 Å². The number of rotatable bonds is 13. The van der Waals surface area contributed by atoms with E-state index in [0.717, 1.165) is 63.5 Å². The third kappa shape index (κ3) is 7.17. The zero-order chi connectivity index (χ0) is 36.7. The molecule has 0 amide bonds. The molecule has 3 aromatic carbocycles. The molecule has 0 unspecified atom stereocenters. The second-order valence-electron chi connectivity index (χ2n) is 15.8. The highest BCUT2D eigenvalue weighted by Crippen LogP contribution is 2.46. The van der Waals surface area contributed by atoms with E-state index in [-0.39, 0.29) is 18.5 Å². The van der Waals surface area contributed by atoms with E-state index in [1.165, 1.54) is 11.3 Å². The topological polar surface area (TPSA) is 31.5 Å². The van der Waals surface area contributed by atoms with Gasteiger partial charge in [-0.05, 0) is 65.2 Å². The Hall–Kier alpha value is -3.28. The standard InChI is InChI=1S/C42H49F4N3OSSi/c1-29-22-35-34-18-11-12-19-37(34)47-38(35)39(40-36(44)24-31(51-40)23-30-25-48(26-30)21-13-20-43)49(29)27-42(45,46)28-50-52(41(2,3)4,32-14-7-5-8-15-32)33-16-9-6-10-17-33/h5-12,14-19,24,29-30,39,47H,13,20-23,25-28H2,1-4H3/t29-,39+/m1/s1. The molecular formula is C42H49F4N3OSSi. The number of aromatic amines is 1. The van der Waals surface area contributed by atoms with Crippen molar-refractivity contribution < 1.29 is 22.0 Å². The molecule has 7 rings (SSSR count). The van der Waals surface area contributed by atoms with Crippen LogP contribution in [0.3, 0.4) is 0 Å². The number of benzene rings is 3. The van der Waals surface area contributed by atoms with Crippen LogP contribution in [0.25, 0.3) is 10.9 Å². The molecule has 4 nitrogen and oxygen atoms in total. The molecule has 4 heterocycles. The number of nitrogens with one attached hydrogen (secondary N) is 1. The first-order valence-corrected chi connectivity index (χ1v) is 21.2. The molecular weight excluding hydrogens is 699 g/mol. The van der Waals surface area contributed by atoms with Crippen molar-refractivity contribution in [3.05, 3.63) is 118 Å². The predicted molar refractivity (Wildman–Crippen MR) is 207 cm³/mol. The van der Waals surface area contributed by atoms with Gasteiger partial charge >= 0.3 is 0 Å². The number of para-hydroxylation sites is 1. The van der Waals surface area contributed by atoms with Crippen LogP contribution in [-0.4, -0.2) is 74.5 Å². The molecule has 1 saturated heterocycles. The van der Waals surface area contributed by atoms with Crippen molar-refractivity contribution in [2.24, 2.45) is 5.92 Å². The monoisotopic (exact) mass is 747 g/mol. The molecule has 0 saturated carbocycles. The van der Waals surface area contributed by atoms with Crippen molar-refractivity contribution in [1.82, 2.24) is 14.8 Å². The summed E-state index contributed by atoms with van der Waals surface area (Å²) in [5, 5.41) is 2.49. The van der Waals surface area contributed by atoms with E-state index in [9.17, 15) is 4.39 Å². The summed E-state index contributed by atoms with van der Waals surface area (Å²) >= 11 is 1.40. The van der Waals surface area contributed by atoms with Crippen molar-refractivity contribution in [2.75, 3.05) is 39.5 Å². The highest BCUT2D eigenvalue weighted by atomic mass is 32.1. The average Bonchev–Trinajstić information content (AvgIpc) is 3.65. The van der Waals surface area contributed by atoms with Gasteiger partial charge in [0.1, 0.15) is 5.82 Å². The molecule has 5 aromatic rings. The number of hydrogen-bond acceptors (Lipinski definition) is 4. The number of aromatic nitrogens is 1. The predicted octanol–water partition coefficient (Wildman–Crippen LogP) is 8.75. The zero-order valence-electron chi connectivity index (χ0n) is 30.5. The van der Waals surface area contributed by atoms with Gasteiger partial charge in [0.05, 0.1) is 30.7 Å². The van der Waals surface area contributed by atoms with Gasteiger partial charge in [-0.25, -0.2) is 13.2 Å². The van der Waals surface area contributed by atoms with Crippen LogP contribution in [0.15, 0.2) is 91.0 Å². The van der Waals surface area contributed by atoms with Crippen LogP contribution in [0.2, 0.25) is 5.04 Å². The van der Waals surface area contributed by atoms with Crippen LogP contribution in [-0.2, 0) is 17.3 Å². The van der Waals surface area contributed by atoms with Gasteiger partial charge in [0.15, 0.2) is 0 Å². The Morgan fingerprint density at radius 3 is 2.19 bits per heavy atom. The van der Waals surface area contributed by atoms with Crippen LogP contribution in [0, 0.1) is 11.7 Å². The smallest absolute Gasteiger partial charge is 0.282 e. The summed E-state index contributed by atoms with van der Waals surface area (Å²) in [6.07, 6.45) is 1.82.